The lowest BCUT2D eigenvalue weighted by Crippen LogP contribution is -2.30. The Kier molecular flexibility index (Phi) is 6.77. The van der Waals surface area contributed by atoms with Crippen LogP contribution in [0.1, 0.15) is 19.4 Å². The number of aromatic nitrogens is 2. The van der Waals surface area contributed by atoms with Gasteiger partial charge in [0.2, 0.25) is 15.9 Å². The van der Waals surface area contributed by atoms with Gasteiger partial charge in [0.1, 0.15) is 0 Å². The van der Waals surface area contributed by atoms with Crippen molar-refractivity contribution >= 4 is 33.4 Å². The summed E-state index contributed by atoms with van der Waals surface area (Å²) in [5, 5.41) is 9.21. The van der Waals surface area contributed by atoms with Gasteiger partial charge in [0.25, 0.3) is 5.22 Å². The Balaban J connectivity index is 1.77. The summed E-state index contributed by atoms with van der Waals surface area (Å²) in [4.78, 5) is 0.210. The smallest absolute Gasteiger partial charge is 0.277 e. The van der Waals surface area contributed by atoms with Crippen molar-refractivity contribution in [2.45, 2.75) is 29.7 Å². The fourth-order valence-corrected chi connectivity index (χ4v) is 4.96. The van der Waals surface area contributed by atoms with E-state index >= 15 is 0 Å². The number of sulfonamides is 1. The van der Waals surface area contributed by atoms with Crippen molar-refractivity contribution in [1.82, 2.24) is 14.5 Å². The SMILES string of the molecule is CCN(CC)S(=O)(=O)c1cccc(-c2nnc(SCc3ccc(Cl)cc3)o2)c1. The quantitative estimate of drug-likeness (QED) is 0.475. The van der Waals surface area contributed by atoms with Crippen LogP contribution in [0.2, 0.25) is 5.02 Å². The van der Waals surface area contributed by atoms with Crippen molar-refractivity contribution in [1.29, 1.82) is 0 Å². The molecule has 0 aliphatic heterocycles. The molecule has 0 spiro atoms. The van der Waals surface area contributed by atoms with Gasteiger partial charge in [0.15, 0.2) is 0 Å². The van der Waals surface area contributed by atoms with Crippen LogP contribution < -0.4 is 0 Å². The Hall–Kier alpha value is -1.87. The van der Waals surface area contributed by atoms with E-state index in [0.717, 1.165) is 5.56 Å². The number of benzene rings is 2. The Morgan fingerprint density at radius 2 is 1.79 bits per heavy atom. The van der Waals surface area contributed by atoms with Crippen molar-refractivity contribution < 1.29 is 12.8 Å². The lowest BCUT2D eigenvalue weighted by atomic mass is 10.2. The van der Waals surface area contributed by atoms with Crippen molar-refractivity contribution in [3.63, 3.8) is 0 Å². The topological polar surface area (TPSA) is 76.3 Å². The van der Waals surface area contributed by atoms with E-state index in [0.29, 0.717) is 34.7 Å². The van der Waals surface area contributed by atoms with Crippen LogP contribution in [0.25, 0.3) is 11.5 Å². The highest BCUT2D eigenvalue weighted by Crippen LogP contribution is 2.28. The maximum absolute atomic E-state index is 12.7. The van der Waals surface area contributed by atoms with Crippen LogP contribution in [0.4, 0.5) is 0 Å². The molecule has 3 aromatic rings. The van der Waals surface area contributed by atoms with Crippen molar-refractivity contribution in [2.75, 3.05) is 13.1 Å². The van der Waals surface area contributed by atoms with E-state index in [1.165, 1.54) is 16.1 Å². The Morgan fingerprint density at radius 1 is 1.07 bits per heavy atom. The van der Waals surface area contributed by atoms with Crippen LogP contribution in [0, 0.1) is 0 Å². The van der Waals surface area contributed by atoms with E-state index in [4.69, 9.17) is 16.0 Å². The van der Waals surface area contributed by atoms with Crippen molar-refractivity contribution in [3.8, 4) is 11.5 Å². The molecule has 0 atom stereocenters. The lowest BCUT2D eigenvalue weighted by Gasteiger charge is -2.18. The minimum absolute atomic E-state index is 0.210. The summed E-state index contributed by atoms with van der Waals surface area (Å²) in [6.07, 6.45) is 0. The fraction of sp³-hybridized carbons (Fsp3) is 0.263. The fourth-order valence-electron chi connectivity index (χ4n) is 2.61. The van der Waals surface area contributed by atoms with Gasteiger partial charge in [-0.15, -0.1) is 10.2 Å². The van der Waals surface area contributed by atoms with Gasteiger partial charge >= 0.3 is 0 Å². The molecule has 1 heterocycles. The van der Waals surface area contributed by atoms with Crippen LogP contribution in [-0.4, -0.2) is 36.0 Å². The molecule has 0 saturated carbocycles. The number of rotatable bonds is 8. The summed E-state index contributed by atoms with van der Waals surface area (Å²) >= 11 is 7.30. The third kappa shape index (κ3) is 4.75. The van der Waals surface area contributed by atoms with Gasteiger partial charge in [0.05, 0.1) is 4.90 Å². The zero-order valence-corrected chi connectivity index (χ0v) is 17.9. The van der Waals surface area contributed by atoms with Gasteiger partial charge in [-0.2, -0.15) is 4.31 Å². The van der Waals surface area contributed by atoms with Gasteiger partial charge < -0.3 is 4.42 Å². The average molecular weight is 438 g/mol. The molecule has 0 aliphatic rings. The first kappa shape index (κ1) is 20.9. The van der Waals surface area contributed by atoms with Crippen LogP contribution >= 0.6 is 23.4 Å². The highest BCUT2D eigenvalue weighted by molar-refractivity contribution is 7.98. The molecule has 0 unspecified atom stereocenters. The van der Waals surface area contributed by atoms with Gasteiger partial charge in [-0.05, 0) is 35.9 Å². The van der Waals surface area contributed by atoms with E-state index < -0.39 is 10.0 Å². The van der Waals surface area contributed by atoms with Gasteiger partial charge in [-0.25, -0.2) is 8.42 Å². The number of nitrogens with zero attached hydrogens (tertiary/aromatic N) is 3. The second-order valence-corrected chi connectivity index (χ2v) is 9.21. The number of thioether (sulfide) groups is 1. The van der Waals surface area contributed by atoms with E-state index in [1.807, 2.05) is 38.1 Å². The lowest BCUT2D eigenvalue weighted by molar-refractivity contribution is 0.445. The van der Waals surface area contributed by atoms with Crippen LogP contribution in [0.15, 0.2) is 63.1 Å². The number of hydrogen-bond donors (Lipinski definition) is 0. The molecule has 0 aliphatic carbocycles. The molecule has 148 valence electrons. The maximum atomic E-state index is 12.7. The molecule has 2 aromatic carbocycles. The van der Waals surface area contributed by atoms with Gasteiger partial charge in [-0.3, -0.25) is 0 Å². The first-order valence-electron chi connectivity index (χ1n) is 8.75. The van der Waals surface area contributed by atoms with Crippen LogP contribution in [0.5, 0.6) is 0 Å². The van der Waals surface area contributed by atoms with Crippen molar-refractivity contribution in [3.05, 3.63) is 59.1 Å². The summed E-state index contributed by atoms with van der Waals surface area (Å²) < 4.78 is 32.5. The molecule has 0 bridgehead atoms. The third-order valence-corrected chi connectivity index (χ3v) is 7.29. The third-order valence-electron chi connectivity index (χ3n) is 4.11. The molecule has 0 radical (unpaired) electrons. The van der Waals surface area contributed by atoms with E-state index in [1.54, 1.807) is 24.3 Å². The number of hydrogen-bond acceptors (Lipinski definition) is 6. The molecule has 9 heteroatoms. The van der Waals surface area contributed by atoms with Crippen LogP contribution in [0.3, 0.4) is 0 Å². The molecule has 0 amide bonds. The Morgan fingerprint density at radius 3 is 2.46 bits per heavy atom. The first-order chi connectivity index (χ1) is 13.4. The maximum Gasteiger partial charge on any atom is 0.277 e. The minimum Gasteiger partial charge on any atom is -0.411 e. The van der Waals surface area contributed by atoms with E-state index in [-0.39, 0.29) is 10.8 Å². The van der Waals surface area contributed by atoms with E-state index in [2.05, 4.69) is 10.2 Å². The predicted octanol–water partition coefficient (Wildman–Crippen LogP) is 4.71. The highest BCUT2D eigenvalue weighted by Gasteiger charge is 2.22. The summed E-state index contributed by atoms with van der Waals surface area (Å²) in [5.41, 5.74) is 1.65. The summed E-state index contributed by atoms with van der Waals surface area (Å²) in [5.74, 6) is 0.949. The minimum atomic E-state index is -3.55. The highest BCUT2D eigenvalue weighted by atomic mass is 35.5. The second kappa shape index (κ2) is 9.09. The molecule has 0 N–H and O–H groups in total. The summed E-state index contributed by atoms with van der Waals surface area (Å²) in [7, 11) is -3.55. The molecular weight excluding hydrogens is 418 g/mol. The molecule has 1 aromatic heterocycles. The molecule has 28 heavy (non-hydrogen) atoms. The predicted molar refractivity (Wildman–Crippen MR) is 111 cm³/mol. The standard InChI is InChI=1S/C19H20ClN3O3S2/c1-3-23(4-2)28(24,25)17-7-5-6-15(12-17)18-21-22-19(26-18)27-13-14-8-10-16(20)11-9-14/h5-12H,3-4,13H2,1-2H3. The zero-order valence-electron chi connectivity index (χ0n) is 15.5. The first-order valence-corrected chi connectivity index (χ1v) is 11.6. The molecule has 6 nitrogen and oxygen atoms in total. The Labute approximate surface area is 174 Å². The Bertz CT molecular complexity index is 1030. The summed E-state index contributed by atoms with van der Waals surface area (Å²) in [6, 6.07) is 14.1. The van der Waals surface area contributed by atoms with Crippen LogP contribution in [-0.2, 0) is 15.8 Å². The zero-order chi connectivity index (χ0) is 20.1. The second-order valence-electron chi connectivity index (χ2n) is 5.91. The molecule has 3 rings (SSSR count). The van der Waals surface area contributed by atoms with Crippen molar-refractivity contribution in [2.24, 2.45) is 0 Å². The number of halogens is 1. The largest absolute Gasteiger partial charge is 0.411 e. The van der Waals surface area contributed by atoms with Gasteiger partial charge in [0, 0.05) is 29.4 Å². The van der Waals surface area contributed by atoms with Gasteiger partial charge in [-0.1, -0.05) is 55.4 Å². The van der Waals surface area contributed by atoms with E-state index in [9.17, 15) is 8.42 Å². The molecule has 0 fully saturated rings. The monoisotopic (exact) mass is 437 g/mol. The molecule has 0 saturated heterocycles. The molecular formula is C19H20ClN3O3S2. The normalized spacial score (nSPS) is 11.9. The summed E-state index contributed by atoms with van der Waals surface area (Å²) in [6.45, 7) is 4.45. The average Bonchev–Trinajstić information content (AvgIpc) is 3.17.